The Labute approximate surface area is 190 Å². The van der Waals surface area contributed by atoms with Crippen LogP contribution in [0.15, 0.2) is 48.5 Å². The van der Waals surface area contributed by atoms with Crippen LogP contribution < -0.4 is 11.1 Å². The lowest BCUT2D eigenvalue weighted by atomic mass is 10.0. The number of hydrogen-bond donors (Lipinski definition) is 2. The van der Waals surface area contributed by atoms with E-state index in [1.54, 1.807) is 26.0 Å². The minimum atomic E-state index is -4.47. The van der Waals surface area contributed by atoms with E-state index >= 15 is 0 Å². The van der Waals surface area contributed by atoms with Gasteiger partial charge < -0.3 is 20.1 Å². The number of alkyl halides is 3. The number of carbonyl (C=O) groups is 2. The zero-order valence-electron chi connectivity index (χ0n) is 18.2. The fourth-order valence-electron chi connectivity index (χ4n) is 3.04. The fourth-order valence-corrected chi connectivity index (χ4v) is 4.74. The number of primary amides is 1. The Morgan fingerprint density at radius 2 is 1.48 bits per heavy atom. The van der Waals surface area contributed by atoms with E-state index in [1.165, 1.54) is 24.3 Å². The average molecular weight is 486 g/mol. The maximum atomic E-state index is 12.7. The SMILES string of the molecule is CCOP(=O)(Cc1ccc(C(=O)N[C@H](Cc2ccc(C(F)(F)F)cc2)C(N)=O)cc1)OCC. The van der Waals surface area contributed by atoms with E-state index in [-0.39, 0.29) is 31.4 Å². The first-order valence-electron chi connectivity index (χ1n) is 10.2. The molecule has 11 heteroatoms. The van der Waals surface area contributed by atoms with Gasteiger partial charge in [-0.2, -0.15) is 13.2 Å². The quantitative estimate of drug-likeness (QED) is 0.461. The highest BCUT2D eigenvalue weighted by Crippen LogP contribution is 2.51. The molecule has 1 atom stereocenters. The number of halogens is 3. The van der Waals surface area contributed by atoms with Gasteiger partial charge in [-0.3, -0.25) is 14.2 Å². The first kappa shape index (κ1) is 26.6. The highest BCUT2D eigenvalue weighted by Gasteiger charge is 2.30. The molecule has 0 aromatic heterocycles. The molecular weight excluding hydrogens is 460 g/mol. The van der Waals surface area contributed by atoms with Crippen LogP contribution in [-0.2, 0) is 37.2 Å². The molecule has 0 saturated carbocycles. The highest BCUT2D eigenvalue weighted by atomic mass is 31.2. The second-order valence-electron chi connectivity index (χ2n) is 7.13. The lowest BCUT2D eigenvalue weighted by Gasteiger charge is -2.18. The fraction of sp³-hybridized carbons (Fsp3) is 0.364. The van der Waals surface area contributed by atoms with Crippen LogP contribution in [-0.4, -0.2) is 31.1 Å². The Bertz CT molecular complexity index is 985. The van der Waals surface area contributed by atoms with Crippen LogP contribution in [0.2, 0.25) is 0 Å². The maximum absolute atomic E-state index is 12.7. The molecule has 0 spiro atoms. The van der Waals surface area contributed by atoms with Gasteiger partial charge in [0.1, 0.15) is 6.04 Å². The molecule has 2 aromatic carbocycles. The lowest BCUT2D eigenvalue weighted by molar-refractivity contribution is -0.137. The molecule has 2 rings (SSSR count). The molecule has 2 aromatic rings. The Morgan fingerprint density at radius 1 is 0.970 bits per heavy atom. The van der Waals surface area contributed by atoms with Crippen molar-refractivity contribution >= 4 is 19.4 Å². The lowest BCUT2D eigenvalue weighted by Crippen LogP contribution is -2.45. The second-order valence-corrected chi connectivity index (χ2v) is 9.18. The number of nitrogens with one attached hydrogen (secondary N) is 1. The molecular formula is C22H26F3N2O5P. The first-order chi connectivity index (χ1) is 15.5. The first-order valence-corrected chi connectivity index (χ1v) is 11.9. The normalized spacial score (nSPS) is 12.9. The molecule has 7 nitrogen and oxygen atoms in total. The van der Waals surface area contributed by atoms with E-state index in [0.717, 1.165) is 12.1 Å². The topological polar surface area (TPSA) is 108 Å². The van der Waals surface area contributed by atoms with Gasteiger partial charge in [-0.25, -0.2) is 0 Å². The van der Waals surface area contributed by atoms with Crippen molar-refractivity contribution in [3.63, 3.8) is 0 Å². The van der Waals surface area contributed by atoms with E-state index < -0.39 is 37.2 Å². The summed E-state index contributed by atoms with van der Waals surface area (Å²) in [7, 11) is -3.30. The van der Waals surface area contributed by atoms with Gasteiger partial charge in [-0.05, 0) is 49.2 Å². The van der Waals surface area contributed by atoms with E-state index in [0.29, 0.717) is 11.1 Å². The number of nitrogens with two attached hydrogens (primary N) is 1. The third kappa shape index (κ3) is 7.99. The van der Waals surface area contributed by atoms with Crippen molar-refractivity contribution < 1.29 is 36.4 Å². The van der Waals surface area contributed by atoms with Crippen molar-refractivity contribution in [2.24, 2.45) is 5.73 Å². The van der Waals surface area contributed by atoms with Crippen molar-refractivity contribution in [2.75, 3.05) is 13.2 Å². The Balaban J connectivity index is 2.06. The van der Waals surface area contributed by atoms with Crippen molar-refractivity contribution in [1.82, 2.24) is 5.32 Å². The Morgan fingerprint density at radius 3 is 1.94 bits per heavy atom. The predicted octanol–water partition coefficient (Wildman–Crippen LogP) is 4.30. The molecule has 0 fully saturated rings. The summed E-state index contributed by atoms with van der Waals surface area (Å²) in [5.74, 6) is -1.41. The van der Waals surface area contributed by atoms with Gasteiger partial charge >= 0.3 is 13.8 Å². The smallest absolute Gasteiger partial charge is 0.368 e. The molecule has 0 aliphatic carbocycles. The van der Waals surface area contributed by atoms with Gasteiger partial charge in [0.15, 0.2) is 0 Å². The van der Waals surface area contributed by atoms with Crippen LogP contribution in [0, 0.1) is 0 Å². The molecule has 0 saturated heterocycles. The second kappa shape index (κ2) is 11.4. The standard InChI is InChI=1S/C22H26F3N2O5P/c1-3-31-33(30,32-4-2)14-16-5-9-17(10-6-16)21(29)27-19(20(26)28)13-15-7-11-18(12-8-15)22(23,24)25/h5-12,19H,3-4,13-14H2,1-2H3,(H2,26,28)(H,27,29)/t19-/m1/s1. The summed E-state index contributed by atoms with van der Waals surface area (Å²) in [6.45, 7) is 3.87. The largest absolute Gasteiger partial charge is 0.416 e. The van der Waals surface area contributed by atoms with Crippen LogP contribution in [0.5, 0.6) is 0 Å². The number of benzene rings is 2. The number of rotatable bonds is 11. The Kier molecular flexibility index (Phi) is 9.22. The molecule has 0 aliphatic rings. The summed E-state index contributed by atoms with van der Waals surface area (Å²) >= 11 is 0. The zero-order valence-corrected chi connectivity index (χ0v) is 19.1. The third-order valence-corrected chi connectivity index (χ3v) is 6.67. The molecule has 0 aliphatic heterocycles. The molecule has 2 amide bonds. The molecule has 0 radical (unpaired) electrons. The van der Waals surface area contributed by atoms with Gasteiger partial charge in [0.05, 0.1) is 24.9 Å². The van der Waals surface area contributed by atoms with Crippen molar-refractivity contribution in [1.29, 1.82) is 0 Å². The Hall–Kier alpha value is -2.68. The number of carbonyl (C=O) groups excluding carboxylic acids is 2. The summed E-state index contributed by atoms with van der Waals surface area (Å²) in [5.41, 5.74) is 5.81. The molecule has 3 N–H and O–H groups in total. The highest BCUT2D eigenvalue weighted by molar-refractivity contribution is 7.53. The molecule has 0 bridgehead atoms. The molecule has 33 heavy (non-hydrogen) atoms. The maximum Gasteiger partial charge on any atom is 0.416 e. The van der Waals surface area contributed by atoms with Gasteiger partial charge in [0, 0.05) is 12.0 Å². The van der Waals surface area contributed by atoms with Crippen molar-refractivity contribution in [3.8, 4) is 0 Å². The van der Waals surface area contributed by atoms with E-state index in [1.807, 2.05) is 0 Å². The van der Waals surface area contributed by atoms with E-state index in [4.69, 9.17) is 14.8 Å². The van der Waals surface area contributed by atoms with Gasteiger partial charge in [-0.1, -0.05) is 24.3 Å². The average Bonchev–Trinajstić information content (AvgIpc) is 2.73. The van der Waals surface area contributed by atoms with Crippen molar-refractivity contribution in [2.45, 2.75) is 38.6 Å². The van der Waals surface area contributed by atoms with Gasteiger partial charge in [-0.15, -0.1) is 0 Å². The number of amides is 2. The third-order valence-electron chi connectivity index (χ3n) is 4.61. The monoisotopic (exact) mass is 486 g/mol. The minimum absolute atomic E-state index is 0.0361. The van der Waals surface area contributed by atoms with E-state index in [2.05, 4.69) is 5.32 Å². The molecule has 0 heterocycles. The zero-order chi connectivity index (χ0) is 24.6. The summed E-state index contributed by atoms with van der Waals surface area (Å²) in [6, 6.07) is 9.30. The van der Waals surface area contributed by atoms with Crippen molar-refractivity contribution in [3.05, 3.63) is 70.8 Å². The van der Waals surface area contributed by atoms with Crippen LogP contribution in [0.3, 0.4) is 0 Å². The molecule has 0 unspecified atom stereocenters. The van der Waals surface area contributed by atoms with Gasteiger partial charge in [0.2, 0.25) is 5.91 Å². The summed E-state index contributed by atoms with van der Waals surface area (Å²) < 4.78 is 61.3. The molecule has 180 valence electrons. The van der Waals surface area contributed by atoms with Crippen LogP contribution >= 0.6 is 7.60 Å². The van der Waals surface area contributed by atoms with Gasteiger partial charge in [0.25, 0.3) is 5.91 Å². The van der Waals surface area contributed by atoms with Crippen LogP contribution in [0.4, 0.5) is 13.2 Å². The minimum Gasteiger partial charge on any atom is -0.368 e. The summed E-state index contributed by atoms with van der Waals surface area (Å²) in [4.78, 5) is 24.4. The van der Waals surface area contributed by atoms with E-state index in [9.17, 15) is 27.3 Å². The predicted molar refractivity (Wildman–Crippen MR) is 117 cm³/mol. The summed E-state index contributed by atoms with van der Waals surface area (Å²) in [6.07, 6.45) is -4.50. The summed E-state index contributed by atoms with van der Waals surface area (Å²) in [5, 5.41) is 2.49. The van der Waals surface area contributed by atoms with Crippen LogP contribution in [0.25, 0.3) is 0 Å². The van der Waals surface area contributed by atoms with Crippen LogP contribution in [0.1, 0.15) is 40.9 Å². The number of hydrogen-bond acceptors (Lipinski definition) is 5.